The molecular formula is C36H74N2O2+2. The lowest BCUT2D eigenvalue weighted by Crippen LogP contribution is -2.50. The summed E-state index contributed by atoms with van der Waals surface area (Å²) in [6.45, 7) is 25.1. The smallest absolute Gasteiger partial charge is 0.102 e. The van der Waals surface area contributed by atoms with Gasteiger partial charge in [-0.3, -0.25) is 0 Å². The highest BCUT2D eigenvalue weighted by Crippen LogP contribution is 2.47. The SMILES string of the molecule is CC1CCCC(C)(C)C1CCC(C)[N+](C)(C)CCOCCOCC[N+](C)(C)C(C)CCC1C(C)CCCC1(C)C. The van der Waals surface area contributed by atoms with Crippen molar-refractivity contribution in [2.75, 3.05) is 67.7 Å². The number of hydrogen-bond acceptors (Lipinski definition) is 2. The molecule has 0 aromatic rings. The summed E-state index contributed by atoms with van der Waals surface area (Å²) in [4.78, 5) is 0. The van der Waals surface area contributed by atoms with E-state index in [1.54, 1.807) is 0 Å². The fraction of sp³-hybridized carbons (Fsp3) is 1.00. The Hall–Kier alpha value is -0.160. The predicted octanol–water partition coefficient (Wildman–Crippen LogP) is 8.43. The number of ether oxygens (including phenoxy) is 2. The Morgan fingerprint density at radius 2 is 0.975 bits per heavy atom. The van der Waals surface area contributed by atoms with Crippen molar-refractivity contribution < 1.29 is 18.4 Å². The summed E-state index contributed by atoms with van der Waals surface area (Å²) < 4.78 is 14.2. The topological polar surface area (TPSA) is 18.5 Å². The van der Waals surface area contributed by atoms with Gasteiger partial charge in [0.1, 0.15) is 13.1 Å². The van der Waals surface area contributed by atoms with Crippen molar-refractivity contribution in [2.24, 2.45) is 34.5 Å². The number of quaternary nitrogens is 2. The first-order valence-electron chi connectivity index (χ1n) is 17.3. The van der Waals surface area contributed by atoms with Gasteiger partial charge in [0.05, 0.1) is 66.7 Å². The molecule has 0 aliphatic heterocycles. The first-order chi connectivity index (χ1) is 18.5. The molecule has 2 aliphatic carbocycles. The highest BCUT2D eigenvalue weighted by molar-refractivity contribution is 4.87. The van der Waals surface area contributed by atoms with Crippen LogP contribution in [0.2, 0.25) is 0 Å². The molecule has 238 valence electrons. The third-order valence-electron chi connectivity index (χ3n) is 12.5. The molecule has 0 spiro atoms. The molecule has 0 radical (unpaired) electrons. The molecule has 2 aliphatic rings. The van der Waals surface area contributed by atoms with Crippen LogP contribution >= 0.6 is 0 Å². The average molecular weight is 567 g/mol. The van der Waals surface area contributed by atoms with Crippen LogP contribution in [0.4, 0.5) is 0 Å². The van der Waals surface area contributed by atoms with Gasteiger partial charge < -0.3 is 18.4 Å². The monoisotopic (exact) mass is 567 g/mol. The molecule has 0 aromatic heterocycles. The number of nitrogens with zero attached hydrogens (tertiary/aromatic N) is 2. The van der Waals surface area contributed by atoms with E-state index >= 15 is 0 Å². The van der Waals surface area contributed by atoms with Crippen LogP contribution in [0.3, 0.4) is 0 Å². The second kappa shape index (κ2) is 15.5. The second-order valence-electron chi connectivity index (χ2n) is 17.0. The fourth-order valence-electron chi connectivity index (χ4n) is 8.33. The zero-order valence-electron chi connectivity index (χ0n) is 29.5. The van der Waals surface area contributed by atoms with E-state index in [1.165, 1.54) is 64.2 Å². The largest absolute Gasteiger partial charge is 0.373 e. The van der Waals surface area contributed by atoms with Crippen LogP contribution in [-0.4, -0.2) is 88.8 Å². The summed E-state index contributed by atoms with van der Waals surface area (Å²) in [5, 5.41) is 0. The van der Waals surface area contributed by atoms with Gasteiger partial charge in [-0.1, -0.05) is 67.2 Å². The molecule has 0 bridgehead atoms. The minimum atomic E-state index is 0.509. The van der Waals surface area contributed by atoms with E-state index < -0.39 is 0 Å². The van der Waals surface area contributed by atoms with Crippen molar-refractivity contribution in [1.29, 1.82) is 0 Å². The molecule has 6 atom stereocenters. The van der Waals surface area contributed by atoms with E-state index in [-0.39, 0.29) is 0 Å². The molecule has 40 heavy (non-hydrogen) atoms. The van der Waals surface area contributed by atoms with Gasteiger partial charge in [-0.2, -0.15) is 0 Å². The third kappa shape index (κ3) is 10.8. The summed E-state index contributed by atoms with van der Waals surface area (Å²) in [7, 11) is 9.54. The van der Waals surface area contributed by atoms with Gasteiger partial charge in [-0.15, -0.1) is 0 Å². The third-order valence-corrected chi connectivity index (χ3v) is 12.5. The highest BCUT2D eigenvalue weighted by atomic mass is 16.5. The number of rotatable bonds is 17. The van der Waals surface area contributed by atoms with E-state index in [2.05, 4.69) is 83.6 Å². The average Bonchev–Trinajstić information content (AvgIpc) is 2.83. The van der Waals surface area contributed by atoms with Crippen molar-refractivity contribution in [3.63, 3.8) is 0 Å². The summed E-state index contributed by atoms with van der Waals surface area (Å²) in [6, 6.07) is 1.33. The van der Waals surface area contributed by atoms with Gasteiger partial charge in [-0.25, -0.2) is 0 Å². The van der Waals surface area contributed by atoms with Crippen LogP contribution in [0.15, 0.2) is 0 Å². The first-order valence-corrected chi connectivity index (χ1v) is 17.3. The normalized spacial score (nSPS) is 28.8. The maximum atomic E-state index is 6.03. The molecular weight excluding hydrogens is 492 g/mol. The quantitative estimate of drug-likeness (QED) is 0.130. The summed E-state index contributed by atoms with van der Waals surface area (Å²) >= 11 is 0. The highest BCUT2D eigenvalue weighted by Gasteiger charge is 2.38. The lowest BCUT2D eigenvalue weighted by molar-refractivity contribution is -0.914. The van der Waals surface area contributed by atoms with Crippen molar-refractivity contribution >= 4 is 0 Å². The summed E-state index contributed by atoms with van der Waals surface area (Å²) in [5.41, 5.74) is 1.02. The molecule has 0 amide bonds. The Morgan fingerprint density at radius 1 is 0.625 bits per heavy atom. The molecule has 2 saturated carbocycles. The number of likely N-dealkylation sites (N-methyl/N-ethyl adjacent to an activating group) is 2. The molecule has 4 heteroatoms. The lowest BCUT2D eigenvalue weighted by atomic mass is 9.62. The van der Waals surface area contributed by atoms with Crippen LogP contribution in [0.1, 0.15) is 120 Å². The molecule has 6 unspecified atom stereocenters. The predicted molar refractivity (Wildman–Crippen MR) is 174 cm³/mol. The second-order valence-corrected chi connectivity index (χ2v) is 17.0. The van der Waals surface area contributed by atoms with Gasteiger partial charge in [0.25, 0.3) is 0 Å². The molecule has 0 aromatic carbocycles. The van der Waals surface area contributed by atoms with Crippen LogP contribution in [0.5, 0.6) is 0 Å². The summed E-state index contributed by atoms with van der Waals surface area (Å²) in [5.74, 6) is 3.49. The van der Waals surface area contributed by atoms with Crippen molar-refractivity contribution in [3.8, 4) is 0 Å². The zero-order valence-corrected chi connectivity index (χ0v) is 29.5. The molecule has 2 fully saturated rings. The van der Waals surface area contributed by atoms with Gasteiger partial charge in [0.15, 0.2) is 0 Å². The molecule has 0 N–H and O–H groups in total. The van der Waals surface area contributed by atoms with Gasteiger partial charge in [0, 0.05) is 0 Å². The Balaban J connectivity index is 1.59. The van der Waals surface area contributed by atoms with E-state index in [9.17, 15) is 0 Å². The van der Waals surface area contributed by atoms with Gasteiger partial charge in [0.2, 0.25) is 0 Å². The molecule has 0 saturated heterocycles. The summed E-state index contributed by atoms with van der Waals surface area (Å²) in [6.07, 6.45) is 13.9. The lowest BCUT2D eigenvalue weighted by Gasteiger charge is -2.44. The maximum Gasteiger partial charge on any atom is 0.102 e. The van der Waals surface area contributed by atoms with Gasteiger partial charge >= 0.3 is 0 Å². The van der Waals surface area contributed by atoms with E-state index in [0.29, 0.717) is 36.1 Å². The maximum absolute atomic E-state index is 6.03. The van der Waals surface area contributed by atoms with E-state index in [1.807, 2.05) is 0 Å². The molecule has 2 rings (SSSR count). The van der Waals surface area contributed by atoms with Crippen molar-refractivity contribution in [3.05, 3.63) is 0 Å². The zero-order chi connectivity index (χ0) is 30.2. The van der Waals surface area contributed by atoms with Crippen LogP contribution in [-0.2, 0) is 9.47 Å². The Morgan fingerprint density at radius 3 is 1.30 bits per heavy atom. The Kier molecular flexibility index (Phi) is 14.0. The van der Waals surface area contributed by atoms with Crippen LogP contribution in [0.25, 0.3) is 0 Å². The van der Waals surface area contributed by atoms with Crippen molar-refractivity contribution in [1.82, 2.24) is 0 Å². The van der Waals surface area contributed by atoms with Gasteiger partial charge in [-0.05, 0) is 86.9 Å². The Labute approximate surface area is 252 Å². The van der Waals surface area contributed by atoms with E-state index in [4.69, 9.17) is 9.47 Å². The number of hydrogen-bond donors (Lipinski definition) is 0. The molecule has 0 heterocycles. The molecule has 4 nitrogen and oxygen atoms in total. The van der Waals surface area contributed by atoms with Crippen LogP contribution in [0, 0.1) is 34.5 Å². The van der Waals surface area contributed by atoms with Crippen LogP contribution < -0.4 is 0 Å². The Bertz CT molecular complexity index is 656. The van der Waals surface area contributed by atoms with E-state index in [0.717, 1.165) is 58.9 Å². The van der Waals surface area contributed by atoms with Crippen molar-refractivity contribution in [2.45, 2.75) is 132 Å². The minimum absolute atomic E-state index is 0.509. The standard InChI is InChI=1S/C36H74N2O2/c1-29-15-13-21-35(5,6)33(29)19-17-31(3)37(9,10)23-25-39-27-28-40-26-24-38(11,12)32(4)18-20-34-30(2)16-14-22-36(34,7)8/h29-34H,13-28H2,1-12H3/q+2. The fourth-order valence-corrected chi connectivity index (χ4v) is 8.33. The minimum Gasteiger partial charge on any atom is -0.373 e. The first kappa shape index (κ1) is 36.0.